The summed E-state index contributed by atoms with van der Waals surface area (Å²) in [5.41, 5.74) is 1.96. The number of rotatable bonds is 2. The van der Waals surface area contributed by atoms with Crippen molar-refractivity contribution in [2.75, 3.05) is 11.5 Å². The number of cyclic esters (lactones) is 1. The highest BCUT2D eigenvalue weighted by Crippen LogP contribution is 2.43. The van der Waals surface area contributed by atoms with Gasteiger partial charge in [-0.05, 0) is 29.8 Å². The largest absolute Gasteiger partial charge is 0.456 e. The van der Waals surface area contributed by atoms with Crippen LogP contribution in [0.5, 0.6) is 0 Å². The summed E-state index contributed by atoms with van der Waals surface area (Å²) in [5, 5.41) is 0.492. The van der Waals surface area contributed by atoms with E-state index in [0.29, 0.717) is 27.5 Å². The van der Waals surface area contributed by atoms with E-state index in [1.165, 1.54) is 23.1 Å². The summed E-state index contributed by atoms with van der Waals surface area (Å²) in [5.74, 6) is -1.61. The van der Waals surface area contributed by atoms with Crippen LogP contribution in [0, 0.1) is 5.82 Å². The van der Waals surface area contributed by atoms with Crippen LogP contribution in [0.2, 0.25) is 5.02 Å². The summed E-state index contributed by atoms with van der Waals surface area (Å²) in [7, 11) is 0. The number of ether oxygens (including phenoxy) is 1. The topological polar surface area (TPSA) is 46.6 Å². The highest BCUT2D eigenvalue weighted by molar-refractivity contribution is 6.31. The lowest BCUT2D eigenvalue weighted by Crippen LogP contribution is -2.37. The molecule has 0 N–H and O–H groups in total. The van der Waals surface area contributed by atoms with Crippen molar-refractivity contribution in [2.45, 2.75) is 12.3 Å². The Hall–Kier alpha value is -2.66. The van der Waals surface area contributed by atoms with Crippen molar-refractivity contribution < 1.29 is 18.7 Å². The number of nitrogens with zero attached hydrogens (tertiary/aromatic N) is 1. The van der Waals surface area contributed by atoms with Gasteiger partial charge in [0.25, 0.3) is 0 Å². The molecule has 1 atom stereocenters. The van der Waals surface area contributed by atoms with E-state index < -0.39 is 17.7 Å². The zero-order chi connectivity index (χ0) is 17.6. The number of esters is 1. The molecule has 2 aromatic rings. The van der Waals surface area contributed by atoms with Crippen LogP contribution in [0.3, 0.4) is 0 Å². The molecule has 0 fully saturated rings. The maximum absolute atomic E-state index is 13.6. The van der Waals surface area contributed by atoms with E-state index in [1.807, 2.05) is 6.07 Å². The molecule has 1 amide bonds. The van der Waals surface area contributed by atoms with Crippen molar-refractivity contribution in [3.63, 3.8) is 0 Å². The van der Waals surface area contributed by atoms with E-state index in [4.69, 9.17) is 16.3 Å². The molecule has 6 heteroatoms. The van der Waals surface area contributed by atoms with E-state index in [9.17, 15) is 14.0 Å². The summed E-state index contributed by atoms with van der Waals surface area (Å²) in [6.07, 6.45) is 0.0637. The van der Waals surface area contributed by atoms with E-state index in [1.54, 1.807) is 24.3 Å². The first-order valence-electron chi connectivity index (χ1n) is 7.79. The highest BCUT2D eigenvalue weighted by Gasteiger charge is 2.43. The molecule has 2 aliphatic heterocycles. The van der Waals surface area contributed by atoms with Gasteiger partial charge in [0, 0.05) is 17.4 Å². The van der Waals surface area contributed by atoms with Gasteiger partial charge in [0.05, 0.1) is 17.0 Å². The van der Waals surface area contributed by atoms with Crippen LogP contribution in [0.15, 0.2) is 59.8 Å². The van der Waals surface area contributed by atoms with Crippen LogP contribution in [0.25, 0.3) is 0 Å². The molecule has 2 aliphatic rings. The Morgan fingerprint density at radius 1 is 1.12 bits per heavy atom. The Morgan fingerprint density at radius 3 is 2.68 bits per heavy atom. The van der Waals surface area contributed by atoms with Crippen LogP contribution in [0.4, 0.5) is 10.1 Å². The third kappa shape index (κ3) is 2.61. The normalized spacial score (nSPS) is 19.9. The Bertz CT molecular complexity index is 924. The molecule has 0 aromatic heterocycles. The van der Waals surface area contributed by atoms with Crippen molar-refractivity contribution >= 4 is 29.2 Å². The Kier molecular flexibility index (Phi) is 3.81. The number of carbonyl (C=O) groups excluding carboxylic acids is 2. The molecule has 0 bridgehead atoms. The molecule has 126 valence electrons. The molecule has 25 heavy (non-hydrogen) atoms. The first-order chi connectivity index (χ1) is 12.1. The number of anilines is 1. The quantitative estimate of drug-likeness (QED) is 0.768. The minimum atomic E-state index is -0.464. The maximum atomic E-state index is 13.6. The summed E-state index contributed by atoms with van der Waals surface area (Å²) in [4.78, 5) is 26.5. The van der Waals surface area contributed by atoms with Gasteiger partial charge >= 0.3 is 5.97 Å². The molecular formula is C19H13ClFNO3. The van der Waals surface area contributed by atoms with E-state index in [-0.39, 0.29) is 18.9 Å². The molecule has 4 rings (SSSR count). The second-order valence-electron chi connectivity index (χ2n) is 5.92. The number of hydrogen-bond donors (Lipinski definition) is 0. The summed E-state index contributed by atoms with van der Waals surface area (Å²) >= 11 is 6.27. The van der Waals surface area contributed by atoms with Gasteiger partial charge in [-0.3, -0.25) is 9.69 Å². The minimum absolute atomic E-state index is 0.0165. The smallest absolute Gasteiger partial charge is 0.336 e. The molecule has 0 unspecified atom stereocenters. The van der Waals surface area contributed by atoms with Gasteiger partial charge in [0.1, 0.15) is 12.4 Å². The number of halogens is 2. The van der Waals surface area contributed by atoms with Crippen molar-refractivity contribution in [1.82, 2.24) is 0 Å². The predicted octanol–water partition coefficient (Wildman–Crippen LogP) is 3.81. The Balaban J connectivity index is 1.86. The lowest BCUT2D eigenvalue weighted by molar-refractivity contribution is -0.136. The van der Waals surface area contributed by atoms with Crippen molar-refractivity contribution in [3.8, 4) is 0 Å². The summed E-state index contributed by atoms with van der Waals surface area (Å²) < 4.78 is 18.8. The average molecular weight is 358 g/mol. The molecule has 0 saturated heterocycles. The maximum Gasteiger partial charge on any atom is 0.336 e. The number of benzene rings is 2. The Labute approximate surface area is 148 Å². The van der Waals surface area contributed by atoms with E-state index >= 15 is 0 Å². The molecule has 2 heterocycles. The van der Waals surface area contributed by atoms with Gasteiger partial charge in [-0.2, -0.15) is 0 Å². The van der Waals surface area contributed by atoms with Crippen LogP contribution in [-0.4, -0.2) is 18.5 Å². The van der Waals surface area contributed by atoms with E-state index in [2.05, 4.69) is 0 Å². The van der Waals surface area contributed by atoms with Crippen LogP contribution < -0.4 is 4.90 Å². The van der Waals surface area contributed by atoms with Gasteiger partial charge in [0.2, 0.25) is 5.91 Å². The van der Waals surface area contributed by atoms with Crippen LogP contribution in [-0.2, 0) is 14.3 Å². The lowest BCUT2D eigenvalue weighted by atomic mass is 9.84. The third-order valence-corrected chi connectivity index (χ3v) is 4.81. The summed E-state index contributed by atoms with van der Waals surface area (Å²) in [6, 6.07) is 12.8. The molecule has 0 radical (unpaired) electrons. The first kappa shape index (κ1) is 15.8. The molecule has 0 aliphatic carbocycles. The van der Waals surface area contributed by atoms with Gasteiger partial charge in [-0.25, -0.2) is 9.18 Å². The second-order valence-corrected chi connectivity index (χ2v) is 6.33. The number of hydrogen-bond acceptors (Lipinski definition) is 3. The van der Waals surface area contributed by atoms with Gasteiger partial charge in [0.15, 0.2) is 0 Å². The van der Waals surface area contributed by atoms with Gasteiger partial charge < -0.3 is 4.74 Å². The summed E-state index contributed by atoms with van der Waals surface area (Å²) in [6.45, 7) is -0.0165. The van der Waals surface area contributed by atoms with Crippen molar-refractivity contribution in [3.05, 3.63) is 76.2 Å². The van der Waals surface area contributed by atoms with Gasteiger partial charge in [-0.1, -0.05) is 35.9 Å². The van der Waals surface area contributed by atoms with Crippen LogP contribution in [0.1, 0.15) is 17.9 Å². The minimum Gasteiger partial charge on any atom is -0.456 e. The average Bonchev–Trinajstić information content (AvgIpc) is 2.96. The van der Waals surface area contributed by atoms with Gasteiger partial charge in [-0.15, -0.1) is 0 Å². The van der Waals surface area contributed by atoms with Crippen LogP contribution >= 0.6 is 11.6 Å². The number of amides is 1. The third-order valence-electron chi connectivity index (χ3n) is 4.46. The predicted molar refractivity (Wildman–Crippen MR) is 90.7 cm³/mol. The highest BCUT2D eigenvalue weighted by atomic mass is 35.5. The molecule has 2 aromatic carbocycles. The lowest BCUT2D eigenvalue weighted by Gasteiger charge is -2.32. The molecular weight excluding hydrogens is 345 g/mol. The second kappa shape index (κ2) is 6.01. The van der Waals surface area contributed by atoms with Crippen molar-refractivity contribution in [2.24, 2.45) is 0 Å². The fourth-order valence-electron chi connectivity index (χ4n) is 3.39. The molecule has 4 nitrogen and oxygen atoms in total. The monoisotopic (exact) mass is 357 g/mol. The molecule has 0 spiro atoms. The standard InChI is InChI=1S/C19H13ClFNO3/c20-15-7-2-1-6-13(15)14-9-17(23)22(12-5-3-4-11(21)8-12)16-10-25-19(24)18(14)16/h1-8,14H,9-10H2/t14-/m1/s1. The fraction of sp³-hybridized carbons (Fsp3) is 0.158. The zero-order valence-corrected chi connectivity index (χ0v) is 13.8. The fourth-order valence-corrected chi connectivity index (χ4v) is 3.66. The van der Waals surface area contributed by atoms with Crippen molar-refractivity contribution in [1.29, 1.82) is 0 Å². The van der Waals surface area contributed by atoms with E-state index in [0.717, 1.165) is 0 Å². The first-order valence-corrected chi connectivity index (χ1v) is 8.17. The zero-order valence-electron chi connectivity index (χ0n) is 13.0. The SMILES string of the molecule is O=C1OCC2=C1[C@@H](c1ccccc1Cl)CC(=O)N2c1cccc(F)c1. The Morgan fingerprint density at radius 2 is 1.92 bits per heavy atom. The molecule has 0 saturated carbocycles. The number of carbonyl (C=O) groups is 2.